The third-order valence-electron chi connectivity index (χ3n) is 9.86. The quantitative estimate of drug-likeness (QED) is 0.230. The van der Waals surface area contributed by atoms with Gasteiger partial charge in [0.15, 0.2) is 0 Å². The van der Waals surface area contributed by atoms with Crippen molar-refractivity contribution in [2.75, 3.05) is 32.7 Å². The number of nitrogens with zero attached hydrogens (tertiary/aromatic N) is 4. The average molecular weight is 697 g/mol. The Morgan fingerprint density at radius 3 is 2.10 bits per heavy atom. The summed E-state index contributed by atoms with van der Waals surface area (Å²) < 4.78 is 96.6. The van der Waals surface area contributed by atoms with E-state index in [0.717, 1.165) is 49.3 Å². The van der Waals surface area contributed by atoms with Gasteiger partial charge in [0.2, 0.25) is 0 Å². The Morgan fingerprint density at radius 1 is 0.939 bits per heavy atom. The number of aryl methyl sites for hydroxylation is 1. The van der Waals surface area contributed by atoms with Gasteiger partial charge in [0.05, 0.1) is 16.8 Å². The maximum Gasteiger partial charge on any atom is 0.416 e. The molecule has 0 unspecified atom stereocenters. The van der Waals surface area contributed by atoms with E-state index < -0.39 is 40.9 Å². The van der Waals surface area contributed by atoms with Crippen LogP contribution in [0.1, 0.15) is 86.0 Å². The highest BCUT2D eigenvalue weighted by molar-refractivity contribution is 5.74. The Labute approximate surface area is 281 Å². The molecule has 0 saturated carbocycles. The number of piperidine rings is 1. The lowest BCUT2D eigenvalue weighted by Gasteiger charge is -2.36. The molecule has 1 N–H and O–H groups in total. The molecule has 3 atom stereocenters. The number of hydrogen-bond acceptors (Lipinski definition) is 4. The predicted molar refractivity (Wildman–Crippen MR) is 171 cm³/mol. The van der Waals surface area contributed by atoms with Crippen LogP contribution in [-0.4, -0.2) is 69.4 Å². The topological polar surface area (TPSA) is 61.6 Å². The van der Waals surface area contributed by atoms with Gasteiger partial charge in [0.1, 0.15) is 11.9 Å². The van der Waals surface area contributed by atoms with Crippen LogP contribution >= 0.6 is 0 Å². The molecule has 2 aliphatic heterocycles. The largest absolute Gasteiger partial charge is 0.480 e. The molecule has 2 saturated heterocycles. The van der Waals surface area contributed by atoms with Gasteiger partial charge in [-0.25, -0.2) is 4.39 Å². The highest BCUT2D eigenvalue weighted by Gasteiger charge is 2.45. The molecular formula is C36H43F7N4O2. The summed E-state index contributed by atoms with van der Waals surface area (Å²) in [6.07, 6.45) is -8.47. The molecule has 2 fully saturated rings. The lowest BCUT2D eigenvalue weighted by molar-refractivity contribution is -0.147. The summed E-state index contributed by atoms with van der Waals surface area (Å²) in [6, 6.07) is 9.25. The van der Waals surface area contributed by atoms with Crippen LogP contribution in [0.3, 0.4) is 0 Å². The van der Waals surface area contributed by atoms with Crippen LogP contribution in [0.4, 0.5) is 30.7 Å². The summed E-state index contributed by atoms with van der Waals surface area (Å²) in [5, 5.41) is 14.7. The van der Waals surface area contributed by atoms with Gasteiger partial charge in [0.25, 0.3) is 0 Å². The number of carboxylic acids is 1. The van der Waals surface area contributed by atoms with Crippen molar-refractivity contribution in [2.24, 2.45) is 11.3 Å². The Balaban J connectivity index is 1.30. The minimum Gasteiger partial charge on any atom is -0.480 e. The molecular weight excluding hydrogens is 653 g/mol. The number of aromatic nitrogens is 2. The molecule has 6 nitrogen and oxygen atoms in total. The summed E-state index contributed by atoms with van der Waals surface area (Å²) >= 11 is 0. The maximum atomic E-state index is 14.3. The molecule has 0 bridgehead atoms. The predicted octanol–water partition coefficient (Wildman–Crippen LogP) is 8.06. The first-order valence-electron chi connectivity index (χ1n) is 16.6. The van der Waals surface area contributed by atoms with E-state index in [1.54, 1.807) is 16.8 Å². The molecule has 268 valence electrons. The fourth-order valence-electron chi connectivity index (χ4n) is 7.72. The zero-order valence-corrected chi connectivity index (χ0v) is 28.1. The fraction of sp³-hybridized carbons (Fsp3) is 0.556. The number of halogens is 7. The van der Waals surface area contributed by atoms with Crippen molar-refractivity contribution >= 4 is 5.97 Å². The van der Waals surface area contributed by atoms with Crippen LogP contribution in [0.2, 0.25) is 0 Å². The summed E-state index contributed by atoms with van der Waals surface area (Å²) in [5.74, 6) is -1.09. The van der Waals surface area contributed by atoms with Gasteiger partial charge >= 0.3 is 18.3 Å². The van der Waals surface area contributed by atoms with Crippen LogP contribution in [0.15, 0.2) is 48.5 Å². The SMILES string of the molecule is CCn1nc(Cc2cc(C(F)(F)F)cc(C(F)(F)F)c2)cc1C1CCN(C[C@H]2CN([C@@H](C(=O)O)C(C)(C)C)C[C@@H]2c2cccc(F)c2)CC1. The number of alkyl halides is 6. The van der Waals surface area contributed by atoms with Gasteiger partial charge in [-0.3, -0.25) is 14.4 Å². The van der Waals surface area contributed by atoms with Gasteiger partial charge < -0.3 is 10.0 Å². The number of hydrogen-bond donors (Lipinski definition) is 1. The van der Waals surface area contributed by atoms with Crippen LogP contribution in [-0.2, 0) is 30.1 Å². The van der Waals surface area contributed by atoms with E-state index in [0.29, 0.717) is 31.9 Å². The van der Waals surface area contributed by atoms with E-state index in [2.05, 4.69) is 10.00 Å². The van der Waals surface area contributed by atoms with Gasteiger partial charge in [0, 0.05) is 50.1 Å². The average Bonchev–Trinajstić information content (AvgIpc) is 3.59. The molecule has 3 heterocycles. The van der Waals surface area contributed by atoms with E-state index in [-0.39, 0.29) is 41.6 Å². The highest BCUT2D eigenvalue weighted by atomic mass is 19.4. The Hall–Kier alpha value is -3.45. The second-order valence-corrected chi connectivity index (χ2v) is 14.5. The van der Waals surface area contributed by atoms with Crippen LogP contribution in [0, 0.1) is 17.2 Å². The monoisotopic (exact) mass is 696 g/mol. The van der Waals surface area contributed by atoms with E-state index in [9.17, 15) is 40.6 Å². The van der Waals surface area contributed by atoms with Crippen molar-refractivity contribution in [1.82, 2.24) is 19.6 Å². The first kappa shape index (κ1) is 36.8. The molecule has 2 aromatic carbocycles. The molecule has 13 heteroatoms. The summed E-state index contributed by atoms with van der Waals surface area (Å²) in [7, 11) is 0. The van der Waals surface area contributed by atoms with E-state index >= 15 is 0 Å². The lowest BCUT2D eigenvalue weighted by Crippen LogP contribution is -2.48. The number of carbonyl (C=O) groups is 1. The van der Waals surface area contributed by atoms with Crippen molar-refractivity contribution in [3.8, 4) is 0 Å². The van der Waals surface area contributed by atoms with Crippen molar-refractivity contribution in [3.63, 3.8) is 0 Å². The van der Waals surface area contributed by atoms with Gasteiger partial charge in [-0.05, 0) is 91.7 Å². The molecule has 2 aliphatic rings. The molecule has 0 radical (unpaired) electrons. The standard InChI is InChI=1S/C36H43F7N4O2/c1-5-47-31(18-29(44-47)15-22-13-26(35(38,39)40)17-27(14-22)36(41,42)43)23-9-11-45(12-10-23)19-25-20-46(32(33(48)49)34(2,3)4)21-30(25)24-7-6-8-28(37)16-24/h6-8,13-14,16-18,23,25,30,32H,5,9-12,15,19-21H2,1-4H3,(H,48,49)/t25-,30+,32-/m0/s1. The summed E-state index contributed by atoms with van der Waals surface area (Å²) in [4.78, 5) is 16.7. The summed E-state index contributed by atoms with van der Waals surface area (Å²) in [6.45, 7) is 11.4. The first-order valence-corrected chi connectivity index (χ1v) is 16.6. The molecule has 0 amide bonds. The lowest BCUT2D eigenvalue weighted by atomic mass is 9.85. The first-order chi connectivity index (χ1) is 22.8. The number of carboxylic acid groups (broad SMARTS) is 1. The molecule has 5 rings (SSSR count). The van der Waals surface area contributed by atoms with Crippen molar-refractivity contribution in [2.45, 2.75) is 83.7 Å². The Bertz CT molecular complexity index is 1590. The maximum absolute atomic E-state index is 14.3. The minimum absolute atomic E-state index is 0.0459. The highest BCUT2D eigenvalue weighted by Crippen LogP contribution is 2.40. The molecule has 49 heavy (non-hydrogen) atoms. The fourth-order valence-corrected chi connectivity index (χ4v) is 7.72. The zero-order valence-electron chi connectivity index (χ0n) is 28.1. The second-order valence-electron chi connectivity index (χ2n) is 14.5. The van der Waals surface area contributed by atoms with Gasteiger partial charge in [-0.15, -0.1) is 0 Å². The normalized spacial score (nSPS) is 21.0. The van der Waals surface area contributed by atoms with Crippen molar-refractivity contribution in [1.29, 1.82) is 0 Å². The molecule has 0 aliphatic carbocycles. The number of rotatable bonds is 9. The molecule has 0 spiro atoms. The molecule has 3 aromatic rings. The van der Waals surface area contributed by atoms with E-state index in [4.69, 9.17) is 0 Å². The summed E-state index contributed by atoms with van der Waals surface area (Å²) in [5.41, 5.74) is -1.15. The number of aliphatic carboxylic acids is 1. The zero-order chi connectivity index (χ0) is 35.9. The van der Waals surface area contributed by atoms with Gasteiger partial charge in [-0.1, -0.05) is 32.9 Å². The van der Waals surface area contributed by atoms with E-state index in [1.807, 2.05) is 38.7 Å². The molecule has 1 aromatic heterocycles. The van der Waals surface area contributed by atoms with Crippen molar-refractivity contribution < 1.29 is 40.6 Å². The van der Waals surface area contributed by atoms with Crippen LogP contribution < -0.4 is 0 Å². The minimum atomic E-state index is -4.92. The smallest absolute Gasteiger partial charge is 0.416 e. The Kier molecular flexibility index (Phi) is 10.6. The van der Waals surface area contributed by atoms with E-state index in [1.165, 1.54) is 12.1 Å². The van der Waals surface area contributed by atoms with Crippen LogP contribution in [0.5, 0.6) is 0 Å². The third-order valence-corrected chi connectivity index (χ3v) is 9.86. The second kappa shape index (κ2) is 14.0. The number of likely N-dealkylation sites (tertiary alicyclic amines) is 2. The third kappa shape index (κ3) is 8.65. The van der Waals surface area contributed by atoms with Crippen molar-refractivity contribution in [3.05, 3.63) is 88.0 Å². The Morgan fingerprint density at radius 2 is 1.57 bits per heavy atom. The van der Waals surface area contributed by atoms with Crippen LogP contribution in [0.25, 0.3) is 0 Å². The number of benzene rings is 2. The van der Waals surface area contributed by atoms with Gasteiger partial charge in [-0.2, -0.15) is 31.4 Å².